The maximum Gasteiger partial charge on any atom is 0.0678 e. The van der Waals surface area contributed by atoms with Crippen LogP contribution < -0.4 is 0 Å². The van der Waals surface area contributed by atoms with Crippen LogP contribution in [0.3, 0.4) is 0 Å². The van der Waals surface area contributed by atoms with Gasteiger partial charge in [-0.25, -0.2) is 0 Å². The summed E-state index contributed by atoms with van der Waals surface area (Å²) in [4.78, 5) is 2.55. The van der Waals surface area contributed by atoms with Crippen LogP contribution >= 0.6 is 0 Å². The van der Waals surface area contributed by atoms with Crippen molar-refractivity contribution in [1.82, 2.24) is 4.90 Å². The molecule has 1 fully saturated rings. The maximum absolute atomic E-state index is 5.70. The minimum atomic E-state index is 0.421. The molecular formula is C12H25NO. The van der Waals surface area contributed by atoms with Gasteiger partial charge in [0.15, 0.2) is 0 Å². The molecule has 2 atom stereocenters. The number of nitrogens with zero attached hydrogens (tertiary/aromatic N) is 1. The van der Waals surface area contributed by atoms with Crippen molar-refractivity contribution in [1.29, 1.82) is 0 Å². The third-order valence-electron chi connectivity index (χ3n) is 2.82. The average molecular weight is 199 g/mol. The normalized spacial score (nSPS) is 29.4. The molecule has 0 N–H and O–H groups in total. The van der Waals surface area contributed by atoms with Crippen molar-refractivity contribution < 1.29 is 4.74 Å². The van der Waals surface area contributed by atoms with Crippen LogP contribution in [0, 0.1) is 0 Å². The Labute approximate surface area is 88.6 Å². The Bertz CT molecular complexity index is 139. The van der Waals surface area contributed by atoms with Crippen LogP contribution in [-0.2, 0) is 4.74 Å². The van der Waals surface area contributed by atoms with Gasteiger partial charge in [-0.3, -0.25) is 4.90 Å². The van der Waals surface area contributed by atoms with E-state index >= 15 is 0 Å². The van der Waals surface area contributed by atoms with Crippen LogP contribution in [0.25, 0.3) is 0 Å². The van der Waals surface area contributed by atoms with Gasteiger partial charge in [-0.1, -0.05) is 26.2 Å². The zero-order chi connectivity index (χ0) is 10.4. The highest BCUT2D eigenvalue weighted by Gasteiger charge is 2.21. The van der Waals surface area contributed by atoms with E-state index in [1.54, 1.807) is 0 Å². The summed E-state index contributed by atoms with van der Waals surface area (Å²) in [6.45, 7) is 10.1. The van der Waals surface area contributed by atoms with Gasteiger partial charge in [0.1, 0.15) is 0 Å². The second-order valence-corrected chi connectivity index (χ2v) is 4.58. The van der Waals surface area contributed by atoms with Crippen LogP contribution in [0.15, 0.2) is 0 Å². The van der Waals surface area contributed by atoms with E-state index in [-0.39, 0.29) is 0 Å². The van der Waals surface area contributed by atoms with Crippen molar-refractivity contribution in [2.45, 2.75) is 58.7 Å². The molecule has 0 saturated carbocycles. The van der Waals surface area contributed by atoms with E-state index in [1.807, 2.05) is 0 Å². The molecule has 2 unspecified atom stereocenters. The fourth-order valence-corrected chi connectivity index (χ4v) is 2.23. The molecule has 1 aliphatic heterocycles. The summed E-state index contributed by atoms with van der Waals surface area (Å²) in [5.74, 6) is 0. The van der Waals surface area contributed by atoms with Crippen molar-refractivity contribution >= 4 is 0 Å². The molecule has 0 aromatic rings. The molecule has 0 spiro atoms. The molecule has 1 saturated heterocycles. The van der Waals surface area contributed by atoms with E-state index in [0.717, 1.165) is 13.1 Å². The molecule has 0 radical (unpaired) electrons. The lowest BCUT2D eigenvalue weighted by atomic mass is 10.1. The van der Waals surface area contributed by atoms with Crippen LogP contribution in [0.5, 0.6) is 0 Å². The molecule has 1 rings (SSSR count). The second-order valence-electron chi connectivity index (χ2n) is 4.58. The Morgan fingerprint density at radius 1 is 1.07 bits per heavy atom. The molecule has 0 aliphatic carbocycles. The van der Waals surface area contributed by atoms with Crippen LogP contribution in [0.1, 0.15) is 46.5 Å². The van der Waals surface area contributed by atoms with Gasteiger partial charge in [-0.2, -0.15) is 0 Å². The molecule has 1 aliphatic rings. The van der Waals surface area contributed by atoms with E-state index in [4.69, 9.17) is 4.74 Å². The van der Waals surface area contributed by atoms with E-state index in [0.29, 0.717) is 12.2 Å². The standard InChI is InChI=1S/C12H25NO/c1-4-5-6-7-8-13-9-11(2)14-12(3)10-13/h11-12H,4-10H2,1-3H3. The first-order valence-electron chi connectivity index (χ1n) is 6.10. The van der Waals surface area contributed by atoms with Crippen LogP contribution in [0.2, 0.25) is 0 Å². The number of unbranched alkanes of at least 4 members (excludes halogenated alkanes) is 3. The SMILES string of the molecule is CCCCCCN1CC(C)OC(C)C1. The Morgan fingerprint density at radius 2 is 1.71 bits per heavy atom. The van der Waals surface area contributed by atoms with Gasteiger partial charge in [0.25, 0.3) is 0 Å². The zero-order valence-electron chi connectivity index (χ0n) is 9.96. The van der Waals surface area contributed by atoms with Gasteiger partial charge >= 0.3 is 0 Å². The van der Waals surface area contributed by atoms with Gasteiger partial charge in [0.2, 0.25) is 0 Å². The molecule has 2 nitrogen and oxygen atoms in total. The molecule has 0 amide bonds. The highest BCUT2D eigenvalue weighted by Crippen LogP contribution is 2.11. The lowest BCUT2D eigenvalue weighted by Crippen LogP contribution is -2.45. The van der Waals surface area contributed by atoms with E-state index in [1.165, 1.54) is 32.2 Å². The van der Waals surface area contributed by atoms with Gasteiger partial charge < -0.3 is 4.74 Å². The van der Waals surface area contributed by atoms with Gasteiger partial charge in [0.05, 0.1) is 12.2 Å². The van der Waals surface area contributed by atoms with E-state index < -0.39 is 0 Å². The number of ether oxygens (including phenoxy) is 1. The molecule has 2 heteroatoms. The number of morpholine rings is 1. The fraction of sp³-hybridized carbons (Fsp3) is 1.00. The van der Waals surface area contributed by atoms with Crippen molar-refractivity contribution in [3.05, 3.63) is 0 Å². The second kappa shape index (κ2) is 6.41. The number of hydrogen-bond acceptors (Lipinski definition) is 2. The minimum absolute atomic E-state index is 0.421. The maximum atomic E-state index is 5.70. The predicted molar refractivity (Wildman–Crippen MR) is 60.6 cm³/mol. The Hall–Kier alpha value is -0.0800. The first-order chi connectivity index (χ1) is 6.72. The molecule has 0 aromatic heterocycles. The Kier molecular flexibility index (Phi) is 5.49. The van der Waals surface area contributed by atoms with Gasteiger partial charge in [-0.15, -0.1) is 0 Å². The first-order valence-corrected chi connectivity index (χ1v) is 6.10. The van der Waals surface area contributed by atoms with Gasteiger partial charge in [-0.05, 0) is 26.8 Å². The summed E-state index contributed by atoms with van der Waals surface area (Å²) in [5, 5.41) is 0. The van der Waals surface area contributed by atoms with Crippen LogP contribution in [-0.4, -0.2) is 36.7 Å². The summed E-state index contributed by atoms with van der Waals surface area (Å²) in [5.41, 5.74) is 0. The quantitative estimate of drug-likeness (QED) is 0.631. The summed E-state index contributed by atoms with van der Waals surface area (Å²) in [7, 11) is 0. The summed E-state index contributed by atoms with van der Waals surface area (Å²) in [6.07, 6.45) is 6.30. The topological polar surface area (TPSA) is 12.5 Å². The smallest absolute Gasteiger partial charge is 0.0678 e. The van der Waals surface area contributed by atoms with Gasteiger partial charge in [0, 0.05) is 13.1 Å². The summed E-state index contributed by atoms with van der Waals surface area (Å²) < 4.78 is 5.70. The monoisotopic (exact) mass is 199 g/mol. The van der Waals surface area contributed by atoms with E-state index in [9.17, 15) is 0 Å². The van der Waals surface area contributed by atoms with Crippen LogP contribution in [0.4, 0.5) is 0 Å². The van der Waals surface area contributed by atoms with Crippen molar-refractivity contribution in [2.24, 2.45) is 0 Å². The number of hydrogen-bond donors (Lipinski definition) is 0. The zero-order valence-corrected chi connectivity index (χ0v) is 9.96. The van der Waals surface area contributed by atoms with Crippen molar-refractivity contribution in [2.75, 3.05) is 19.6 Å². The number of rotatable bonds is 5. The van der Waals surface area contributed by atoms with Crippen molar-refractivity contribution in [3.63, 3.8) is 0 Å². The lowest BCUT2D eigenvalue weighted by Gasteiger charge is -2.35. The minimum Gasteiger partial charge on any atom is -0.373 e. The largest absolute Gasteiger partial charge is 0.373 e. The molecule has 1 heterocycles. The van der Waals surface area contributed by atoms with E-state index in [2.05, 4.69) is 25.7 Å². The third kappa shape index (κ3) is 4.43. The average Bonchev–Trinajstić information content (AvgIpc) is 2.11. The molecule has 0 aromatic carbocycles. The molecule has 14 heavy (non-hydrogen) atoms. The molecular weight excluding hydrogens is 174 g/mol. The highest BCUT2D eigenvalue weighted by molar-refractivity contribution is 4.72. The Morgan fingerprint density at radius 3 is 2.29 bits per heavy atom. The summed E-state index contributed by atoms with van der Waals surface area (Å²) in [6, 6.07) is 0. The fourth-order valence-electron chi connectivity index (χ4n) is 2.23. The highest BCUT2D eigenvalue weighted by atomic mass is 16.5. The molecule has 84 valence electrons. The predicted octanol–water partition coefficient (Wildman–Crippen LogP) is 2.68. The van der Waals surface area contributed by atoms with Crippen molar-refractivity contribution in [3.8, 4) is 0 Å². The Balaban J connectivity index is 2.10. The lowest BCUT2D eigenvalue weighted by molar-refractivity contribution is -0.0681. The third-order valence-corrected chi connectivity index (χ3v) is 2.82. The first kappa shape index (κ1) is 12.0. The molecule has 0 bridgehead atoms. The summed E-state index contributed by atoms with van der Waals surface area (Å²) >= 11 is 0.